The summed E-state index contributed by atoms with van der Waals surface area (Å²) in [5, 5.41) is 17.2. The molecule has 1 unspecified atom stereocenters. The van der Waals surface area contributed by atoms with E-state index in [1.165, 1.54) is 4.88 Å². The van der Waals surface area contributed by atoms with Gasteiger partial charge in [-0.15, -0.1) is 11.3 Å². The van der Waals surface area contributed by atoms with Crippen LogP contribution in [0.2, 0.25) is 0 Å². The summed E-state index contributed by atoms with van der Waals surface area (Å²) in [5.41, 5.74) is 1.42. The second-order valence-electron chi connectivity index (χ2n) is 9.43. The second-order valence-corrected chi connectivity index (χ2v) is 10.5. The van der Waals surface area contributed by atoms with Crippen molar-refractivity contribution in [2.24, 2.45) is 5.92 Å². The van der Waals surface area contributed by atoms with E-state index in [1.54, 1.807) is 11.3 Å². The van der Waals surface area contributed by atoms with Crippen molar-refractivity contribution in [1.29, 1.82) is 0 Å². The van der Waals surface area contributed by atoms with E-state index in [-0.39, 0.29) is 11.6 Å². The molecule has 150 valence electrons. The molecule has 2 aliphatic rings. The third-order valence-electron chi connectivity index (χ3n) is 5.70. The van der Waals surface area contributed by atoms with Crippen molar-refractivity contribution in [3.63, 3.8) is 0 Å². The zero-order valence-electron chi connectivity index (χ0n) is 17.1. The number of hydrogen-bond acceptors (Lipinski definition) is 6. The number of rotatable bonds is 5. The van der Waals surface area contributed by atoms with Gasteiger partial charge in [0.05, 0.1) is 16.2 Å². The first kappa shape index (κ1) is 19.4. The molecule has 1 saturated carbocycles. The van der Waals surface area contributed by atoms with Crippen LogP contribution in [0.5, 0.6) is 0 Å². The van der Waals surface area contributed by atoms with E-state index >= 15 is 0 Å². The van der Waals surface area contributed by atoms with Gasteiger partial charge in [-0.1, -0.05) is 6.58 Å². The Labute approximate surface area is 171 Å². The summed E-state index contributed by atoms with van der Waals surface area (Å²) in [6, 6.07) is 6.57. The first-order valence-electron chi connectivity index (χ1n) is 9.99. The molecule has 3 atom stereocenters. The van der Waals surface area contributed by atoms with Crippen molar-refractivity contribution in [2.75, 3.05) is 5.32 Å². The molecule has 5 nitrogen and oxygen atoms in total. The lowest BCUT2D eigenvalue weighted by Gasteiger charge is -2.38. The predicted octanol–water partition coefficient (Wildman–Crippen LogP) is 4.54. The second kappa shape index (κ2) is 6.85. The summed E-state index contributed by atoms with van der Waals surface area (Å²) in [6.07, 6.45) is 4.75. The molecule has 1 aliphatic carbocycles. The Morgan fingerprint density at radius 1 is 1.32 bits per heavy atom. The molecule has 0 amide bonds. The average Bonchev–Trinajstić information content (AvgIpc) is 3.24. The minimum Gasteiger partial charge on any atom is -0.390 e. The fourth-order valence-electron chi connectivity index (χ4n) is 4.40. The van der Waals surface area contributed by atoms with Gasteiger partial charge in [0.1, 0.15) is 0 Å². The largest absolute Gasteiger partial charge is 0.390 e. The van der Waals surface area contributed by atoms with Crippen molar-refractivity contribution in [1.82, 2.24) is 15.3 Å². The van der Waals surface area contributed by atoms with E-state index in [0.29, 0.717) is 17.8 Å². The molecule has 2 aromatic rings. The van der Waals surface area contributed by atoms with E-state index in [0.717, 1.165) is 35.5 Å². The Bertz CT molecular complexity index is 883. The molecule has 3 N–H and O–H groups in total. The smallest absolute Gasteiger partial charge is 0.223 e. The normalized spacial score (nSPS) is 26.6. The van der Waals surface area contributed by atoms with Crippen LogP contribution in [0.25, 0.3) is 10.6 Å². The Morgan fingerprint density at radius 3 is 2.79 bits per heavy atom. The van der Waals surface area contributed by atoms with Gasteiger partial charge < -0.3 is 15.7 Å². The molecule has 0 aromatic carbocycles. The maximum absolute atomic E-state index is 10.2. The lowest BCUT2D eigenvalue weighted by atomic mass is 9.88. The monoisotopic (exact) mass is 398 g/mol. The van der Waals surface area contributed by atoms with E-state index in [9.17, 15) is 5.11 Å². The maximum Gasteiger partial charge on any atom is 0.223 e. The lowest BCUT2D eigenvalue weighted by Crippen LogP contribution is -2.48. The Hall–Kier alpha value is -1.92. The van der Waals surface area contributed by atoms with Crippen LogP contribution in [0.4, 0.5) is 5.95 Å². The number of aliphatic hydroxyl groups is 1. The van der Waals surface area contributed by atoms with Gasteiger partial charge >= 0.3 is 0 Å². The molecule has 0 radical (unpaired) electrons. The molecule has 6 heteroatoms. The van der Waals surface area contributed by atoms with Crippen LogP contribution >= 0.6 is 11.3 Å². The zero-order valence-corrected chi connectivity index (χ0v) is 17.9. The fraction of sp³-hybridized carbons (Fsp3) is 0.545. The van der Waals surface area contributed by atoms with Gasteiger partial charge in [-0.25, -0.2) is 9.97 Å². The average molecular weight is 399 g/mol. The molecular weight excluding hydrogens is 368 g/mol. The van der Waals surface area contributed by atoms with Crippen LogP contribution in [0.3, 0.4) is 0 Å². The van der Waals surface area contributed by atoms with Gasteiger partial charge in [0.15, 0.2) is 0 Å². The zero-order chi connectivity index (χ0) is 20.1. The van der Waals surface area contributed by atoms with E-state index in [1.807, 2.05) is 26.1 Å². The van der Waals surface area contributed by atoms with Gasteiger partial charge in [-0.3, -0.25) is 0 Å². The predicted molar refractivity (Wildman–Crippen MR) is 115 cm³/mol. The van der Waals surface area contributed by atoms with Crippen molar-refractivity contribution >= 4 is 17.3 Å². The Kier molecular flexibility index (Phi) is 4.74. The molecule has 28 heavy (non-hydrogen) atoms. The summed E-state index contributed by atoms with van der Waals surface area (Å²) < 4.78 is 0. The Balaban J connectivity index is 1.47. The number of aromatic nitrogens is 2. The van der Waals surface area contributed by atoms with Crippen molar-refractivity contribution in [3.05, 3.63) is 41.5 Å². The van der Waals surface area contributed by atoms with E-state index in [2.05, 4.69) is 48.2 Å². The molecule has 2 aromatic heterocycles. The standard InChI is InChI=1S/C22H30N4OS/c1-13-10-14(12-21(2,3)26-13)24-20-23-9-8-17(25-20)19-7-6-18(28-19)15-11-16(15)22(4,5)27/h6-9,14-16,26-27H,1,10-12H2,2-5H3,(H,23,24,25)/t14?,15-,16-/m0/s1. The van der Waals surface area contributed by atoms with Crippen molar-refractivity contribution in [2.45, 2.75) is 70.1 Å². The number of piperidine rings is 1. The summed E-state index contributed by atoms with van der Waals surface area (Å²) in [5.74, 6) is 1.50. The molecule has 1 saturated heterocycles. The number of hydrogen-bond donors (Lipinski definition) is 3. The highest BCUT2D eigenvalue weighted by Gasteiger charge is 2.48. The summed E-state index contributed by atoms with van der Waals surface area (Å²) in [7, 11) is 0. The topological polar surface area (TPSA) is 70.1 Å². The van der Waals surface area contributed by atoms with Gasteiger partial charge in [-0.2, -0.15) is 0 Å². The summed E-state index contributed by atoms with van der Waals surface area (Å²) in [6.45, 7) is 12.3. The third kappa shape index (κ3) is 4.23. The van der Waals surface area contributed by atoms with Gasteiger partial charge in [0.25, 0.3) is 0 Å². The molecule has 3 heterocycles. The highest BCUT2D eigenvalue weighted by atomic mass is 32.1. The van der Waals surface area contributed by atoms with Gasteiger partial charge in [-0.05, 0) is 70.6 Å². The quantitative estimate of drug-likeness (QED) is 0.690. The minimum absolute atomic E-state index is 0.0224. The summed E-state index contributed by atoms with van der Waals surface area (Å²) in [4.78, 5) is 11.7. The number of nitrogens with zero attached hydrogens (tertiary/aromatic N) is 2. The van der Waals surface area contributed by atoms with Crippen LogP contribution < -0.4 is 10.6 Å². The number of anilines is 1. The van der Waals surface area contributed by atoms with Crippen LogP contribution in [-0.2, 0) is 0 Å². The fourth-order valence-corrected chi connectivity index (χ4v) is 5.55. The Morgan fingerprint density at radius 2 is 2.11 bits per heavy atom. The van der Waals surface area contributed by atoms with E-state index < -0.39 is 5.60 Å². The van der Waals surface area contributed by atoms with Crippen LogP contribution in [-0.4, -0.2) is 32.3 Å². The number of thiophene rings is 1. The molecule has 2 fully saturated rings. The highest BCUT2D eigenvalue weighted by Crippen LogP contribution is 2.55. The third-order valence-corrected chi connectivity index (χ3v) is 6.94. The molecule has 4 rings (SSSR count). The molecule has 1 aliphatic heterocycles. The highest BCUT2D eigenvalue weighted by molar-refractivity contribution is 7.15. The summed E-state index contributed by atoms with van der Waals surface area (Å²) >= 11 is 1.78. The first-order valence-corrected chi connectivity index (χ1v) is 10.8. The van der Waals surface area contributed by atoms with Gasteiger partial charge in [0.2, 0.25) is 5.95 Å². The number of nitrogens with one attached hydrogen (secondary N) is 2. The van der Waals surface area contributed by atoms with Crippen LogP contribution in [0, 0.1) is 5.92 Å². The molecule has 0 spiro atoms. The first-order chi connectivity index (χ1) is 13.1. The molecule has 0 bridgehead atoms. The van der Waals surface area contributed by atoms with Crippen LogP contribution in [0.1, 0.15) is 57.8 Å². The lowest BCUT2D eigenvalue weighted by molar-refractivity contribution is 0.0547. The van der Waals surface area contributed by atoms with Crippen molar-refractivity contribution in [3.8, 4) is 10.6 Å². The minimum atomic E-state index is -0.604. The van der Waals surface area contributed by atoms with E-state index in [4.69, 9.17) is 4.98 Å². The molecular formula is C22H30N4OS. The van der Waals surface area contributed by atoms with Gasteiger partial charge in [0, 0.05) is 34.8 Å². The maximum atomic E-state index is 10.2. The van der Waals surface area contributed by atoms with Crippen LogP contribution in [0.15, 0.2) is 36.7 Å². The van der Waals surface area contributed by atoms with Crippen molar-refractivity contribution < 1.29 is 5.11 Å². The SMILES string of the molecule is C=C1CC(Nc2nccc(-c3ccc([C@H]4C[C@@H]4C(C)(C)O)s3)n2)CC(C)(C)N1.